The summed E-state index contributed by atoms with van der Waals surface area (Å²) in [5, 5.41) is 0. The molecule has 0 bridgehead atoms. The second-order valence-corrected chi connectivity index (χ2v) is 10.6. The van der Waals surface area contributed by atoms with Gasteiger partial charge in [0.2, 0.25) is 5.91 Å². The zero-order valence-corrected chi connectivity index (χ0v) is 22.0. The number of nitrogens with zero attached hydrogens (tertiary/aromatic N) is 4. The average Bonchev–Trinajstić information content (AvgIpc) is 3.75. The highest BCUT2D eigenvalue weighted by Crippen LogP contribution is 2.49. The normalized spacial score (nSPS) is 17.4. The molecule has 2 N–H and O–H groups in total. The Morgan fingerprint density at radius 3 is 2.45 bits per heavy atom. The summed E-state index contributed by atoms with van der Waals surface area (Å²) in [6.07, 6.45) is 2.50. The first kappa shape index (κ1) is 28.0. The molecule has 207 valence electrons. The molecule has 3 aromatic rings. The van der Waals surface area contributed by atoms with E-state index < -0.39 is 23.1 Å². The molecule has 1 radical (unpaired) electrons. The lowest BCUT2D eigenvalue weighted by molar-refractivity contribution is -0.138. The summed E-state index contributed by atoms with van der Waals surface area (Å²) in [6.45, 7) is 1.59. The Balaban J connectivity index is 1.30. The molecule has 3 heterocycles. The Morgan fingerprint density at radius 1 is 1.07 bits per heavy atom. The van der Waals surface area contributed by atoms with Gasteiger partial charge in [-0.25, -0.2) is 9.97 Å². The molecule has 2 aromatic heterocycles. The lowest BCUT2D eigenvalue weighted by atomic mass is 9.85. The van der Waals surface area contributed by atoms with Gasteiger partial charge in [0.05, 0.1) is 22.9 Å². The molecule has 5 rings (SSSR count). The Bertz CT molecular complexity index is 1370. The summed E-state index contributed by atoms with van der Waals surface area (Å²) in [4.78, 5) is 37.8. The van der Waals surface area contributed by atoms with Crippen LogP contribution in [-0.4, -0.2) is 52.4 Å². The topological polar surface area (TPSA) is 102 Å². The molecule has 40 heavy (non-hydrogen) atoms. The van der Waals surface area contributed by atoms with Crippen LogP contribution in [0.2, 0.25) is 0 Å². The predicted octanol–water partition coefficient (Wildman–Crippen LogP) is 3.77. The Labute approximate surface area is 231 Å². The molecular weight excluding hydrogens is 518 g/mol. The summed E-state index contributed by atoms with van der Waals surface area (Å²) in [7, 11) is 1.56. The molecule has 0 unspecified atom stereocenters. The molecule has 1 aliphatic carbocycles. The van der Waals surface area contributed by atoms with Crippen molar-refractivity contribution in [1.29, 1.82) is 0 Å². The van der Waals surface area contributed by atoms with E-state index in [9.17, 15) is 22.8 Å². The number of rotatable bonds is 10. The van der Waals surface area contributed by atoms with E-state index in [1.807, 2.05) is 41.2 Å². The molecule has 1 aromatic carbocycles. The zero-order valence-electron chi connectivity index (χ0n) is 22.0. The molecule has 2 fully saturated rings. The maximum atomic E-state index is 13.8. The van der Waals surface area contributed by atoms with E-state index in [4.69, 9.17) is 5.73 Å². The summed E-state index contributed by atoms with van der Waals surface area (Å²) < 4.78 is 41.5. The van der Waals surface area contributed by atoms with Gasteiger partial charge in [0, 0.05) is 30.4 Å². The number of aryl methyl sites for hydroxylation is 2. The van der Waals surface area contributed by atoms with Crippen LogP contribution in [0.4, 0.5) is 13.2 Å². The quantitative estimate of drug-likeness (QED) is 0.306. The van der Waals surface area contributed by atoms with Crippen molar-refractivity contribution in [2.45, 2.75) is 62.5 Å². The van der Waals surface area contributed by atoms with Gasteiger partial charge in [0.15, 0.2) is 0 Å². The summed E-state index contributed by atoms with van der Waals surface area (Å²) >= 11 is 0. The van der Waals surface area contributed by atoms with Crippen molar-refractivity contribution in [1.82, 2.24) is 19.8 Å². The van der Waals surface area contributed by atoms with Gasteiger partial charge in [0.1, 0.15) is 5.82 Å². The summed E-state index contributed by atoms with van der Waals surface area (Å²) in [5.74, 6) is 0.188. The first-order valence-electron chi connectivity index (χ1n) is 13.5. The smallest absolute Gasteiger partial charge is 0.369 e. The SMILES string of the molecule is NC(=O)C1(c2ccccc2CCc2nc(Cc3ccc(C4CCN([B]C=O)CC4)nc3)ncc2C(F)(F)F)CC1. The maximum Gasteiger partial charge on any atom is 0.419 e. The van der Waals surface area contributed by atoms with E-state index >= 15 is 0 Å². The fraction of sp³-hybridized carbons (Fsp3) is 0.414. The van der Waals surface area contributed by atoms with Crippen LogP contribution in [0.25, 0.3) is 0 Å². The average molecular weight is 548 g/mol. The van der Waals surface area contributed by atoms with Gasteiger partial charge in [0.25, 0.3) is 7.41 Å². The van der Waals surface area contributed by atoms with Crippen LogP contribution in [0.1, 0.15) is 71.1 Å². The minimum Gasteiger partial charge on any atom is -0.369 e. The van der Waals surface area contributed by atoms with Gasteiger partial charge >= 0.3 is 6.18 Å². The third-order valence-electron chi connectivity index (χ3n) is 8.04. The first-order chi connectivity index (χ1) is 19.2. The lowest BCUT2D eigenvalue weighted by Crippen LogP contribution is -2.36. The highest BCUT2D eigenvalue weighted by atomic mass is 19.4. The van der Waals surface area contributed by atoms with Gasteiger partial charge in [-0.1, -0.05) is 30.3 Å². The Hall–Kier alpha value is -3.60. The molecule has 2 aliphatic rings. The van der Waals surface area contributed by atoms with E-state index in [-0.39, 0.29) is 18.5 Å². The van der Waals surface area contributed by atoms with Crippen LogP contribution >= 0.6 is 0 Å². The molecule has 0 spiro atoms. The van der Waals surface area contributed by atoms with Crippen molar-refractivity contribution in [3.05, 3.63) is 88.3 Å². The number of pyridine rings is 1. The number of amides is 1. The van der Waals surface area contributed by atoms with Gasteiger partial charge in [-0.05, 0) is 74.4 Å². The highest BCUT2D eigenvalue weighted by Gasteiger charge is 2.50. The number of carbonyl (C=O) groups excluding carboxylic acids is 2. The number of primary amides is 1. The van der Waals surface area contributed by atoms with Crippen molar-refractivity contribution in [3.63, 3.8) is 0 Å². The third kappa shape index (κ3) is 6.09. The van der Waals surface area contributed by atoms with Crippen molar-refractivity contribution < 1.29 is 22.8 Å². The molecule has 0 atom stereocenters. The van der Waals surface area contributed by atoms with Crippen molar-refractivity contribution >= 4 is 19.5 Å². The lowest BCUT2D eigenvalue weighted by Gasteiger charge is -2.30. The van der Waals surface area contributed by atoms with Crippen molar-refractivity contribution in [2.75, 3.05) is 13.1 Å². The van der Waals surface area contributed by atoms with E-state index in [0.29, 0.717) is 31.0 Å². The first-order valence-corrected chi connectivity index (χ1v) is 13.5. The van der Waals surface area contributed by atoms with E-state index in [1.54, 1.807) is 13.6 Å². The zero-order chi connectivity index (χ0) is 28.3. The minimum atomic E-state index is -4.58. The third-order valence-corrected chi connectivity index (χ3v) is 8.04. The molecule has 1 saturated heterocycles. The van der Waals surface area contributed by atoms with Gasteiger partial charge in [-0.3, -0.25) is 9.78 Å². The number of aromatic nitrogens is 3. The van der Waals surface area contributed by atoms with Gasteiger partial charge in [-0.15, -0.1) is 0 Å². The predicted molar refractivity (Wildman–Crippen MR) is 144 cm³/mol. The standard InChI is InChI=1S/C29H30BF3N5O2/c31-29(32,33)23-17-36-26(15-19-5-7-24(35-16-19)21-9-13-38(14-10-21)30-18-39)37-25(23)8-6-20-3-1-2-4-22(20)28(11-12-28)27(34)40/h1-5,7,16-18,21H,6,8-15H2,(H2,34,40). The summed E-state index contributed by atoms with van der Waals surface area (Å²) in [6, 6.07) is 11.2. The molecule has 11 heteroatoms. The number of hydrogen-bond donors (Lipinski definition) is 1. The second kappa shape index (κ2) is 11.5. The molecule has 1 saturated carbocycles. The van der Waals surface area contributed by atoms with Crippen LogP contribution < -0.4 is 5.73 Å². The van der Waals surface area contributed by atoms with E-state index in [0.717, 1.165) is 60.7 Å². The van der Waals surface area contributed by atoms with Gasteiger partial charge in [-0.2, -0.15) is 13.2 Å². The van der Waals surface area contributed by atoms with Gasteiger partial charge < -0.3 is 15.3 Å². The van der Waals surface area contributed by atoms with Crippen LogP contribution in [0, 0.1) is 0 Å². The second-order valence-electron chi connectivity index (χ2n) is 10.6. The van der Waals surface area contributed by atoms with E-state index in [2.05, 4.69) is 15.0 Å². The van der Waals surface area contributed by atoms with E-state index in [1.165, 1.54) is 0 Å². The number of alkyl halides is 3. The minimum absolute atomic E-state index is 0.0492. The molecule has 1 amide bonds. The molecule has 7 nitrogen and oxygen atoms in total. The summed E-state index contributed by atoms with van der Waals surface area (Å²) in [5.41, 5.74) is 7.39. The highest BCUT2D eigenvalue weighted by molar-refractivity contribution is 6.64. The Kier molecular flexibility index (Phi) is 8.03. The van der Waals surface area contributed by atoms with Crippen LogP contribution in [0.3, 0.4) is 0 Å². The number of hydrogen-bond acceptors (Lipinski definition) is 6. The fourth-order valence-electron chi connectivity index (χ4n) is 5.60. The Morgan fingerprint density at radius 2 is 1.82 bits per heavy atom. The number of piperidine rings is 1. The number of halogens is 3. The van der Waals surface area contributed by atoms with Crippen LogP contribution in [0.5, 0.6) is 0 Å². The largest absolute Gasteiger partial charge is 0.419 e. The number of nitrogens with two attached hydrogens (primary N) is 1. The molecule has 1 aliphatic heterocycles. The number of carbonyl (C=O) groups is 2. The van der Waals surface area contributed by atoms with Crippen LogP contribution in [0.15, 0.2) is 48.8 Å². The molecular formula is C29H30BF3N5O2. The van der Waals surface area contributed by atoms with Crippen LogP contribution in [-0.2, 0) is 40.4 Å². The fourth-order valence-corrected chi connectivity index (χ4v) is 5.60. The number of benzene rings is 1. The monoisotopic (exact) mass is 548 g/mol. The van der Waals surface area contributed by atoms with Crippen molar-refractivity contribution in [2.24, 2.45) is 5.73 Å². The maximum absolute atomic E-state index is 13.8. The van der Waals surface area contributed by atoms with Crippen molar-refractivity contribution in [3.8, 4) is 0 Å².